The first-order valence-electron chi connectivity index (χ1n) is 17.6. The molecule has 1 saturated heterocycles. The van der Waals surface area contributed by atoms with E-state index in [2.05, 4.69) is 44.2 Å². The van der Waals surface area contributed by atoms with Gasteiger partial charge in [0.2, 0.25) is 0 Å². The highest BCUT2D eigenvalue weighted by atomic mass is 35.5. The van der Waals surface area contributed by atoms with Crippen LogP contribution < -0.4 is 20.3 Å². The summed E-state index contributed by atoms with van der Waals surface area (Å²) in [5.74, 6) is 1.20. The topological polar surface area (TPSA) is 119 Å². The highest BCUT2D eigenvalue weighted by molar-refractivity contribution is 7.76. The molecule has 5 aliphatic rings. The van der Waals surface area contributed by atoms with E-state index in [1.165, 1.54) is 11.1 Å². The maximum atomic E-state index is 13.9. The highest BCUT2D eigenvalue weighted by Crippen LogP contribution is 2.44. The minimum Gasteiger partial charge on any atom is -0.491 e. The van der Waals surface area contributed by atoms with Crippen LogP contribution in [0.1, 0.15) is 60.5 Å². The molecule has 9 atom stereocenters. The second-order valence-electron chi connectivity index (χ2n) is 14.3. The lowest BCUT2D eigenvalue weighted by molar-refractivity contribution is 0.0133. The quantitative estimate of drug-likeness (QED) is 0.273. The Kier molecular flexibility index (Phi) is 10.5. The Morgan fingerprint density at radius 2 is 1.90 bits per heavy atom. The maximum Gasteiger partial charge on any atom is 0.316 e. The summed E-state index contributed by atoms with van der Waals surface area (Å²) < 4.78 is 35.9. The molecule has 2 bridgehead atoms. The number of halogens is 1. The number of allylic oxidation sites excluding steroid dienone is 1. The summed E-state index contributed by atoms with van der Waals surface area (Å²) in [5.41, 5.74) is 3.55. The highest BCUT2D eigenvalue weighted by Gasteiger charge is 2.55. The standard InChI is InChI=1S/C37H47ClN4O6S/c1-22-6-5-8-32(46-2)28-13-10-26(28)19-42-18-25-9-12-27(38)16-23(25)7-3-4-15-48-33-14-11-24(17-31(33)42)35(43)41-49(45)36(22)40-37(44)39-34-29-20-47-21-30(29)34/h5,8-9,11-12,14,16-17,22,26,28-30,32,34,36,49H,3-4,6-7,10,13,15,18-21H2,1-2H3,(H2,39,40,44)/b8-5+/t22-,26-,28+,29-,30+,32-,34+,36?/m0/s1. The largest absolute Gasteiger partial charge is 0.491 e. The molecule has 2 N–H and O–H groups in total. The van der Waals surface area contributed by atoms with Crippen LogP contribution in [0.3, 0.4) is 0 Å². The summed E-state index contributed by atoms with van der Waals surface area (Å²) in [5, 5.41) is 5.82. The van der Waals surface area contributed by atoms with E-state index < -0.39 is 27.9 Å². The van der Waals surface area contributed by atoms with Gasteiger partial charge in [-0.05, 0) is 97.7 Å². The number of hydrogen-bond acceptors (Lipinski definition) is 7. The second-order valence-corrected chi connectivity index (χ2v) is 16.1. The number of ether oxygens (including phenoxy) is 3. The zero-order valence-electron chi connectivity index (χ0n) is 28.2. The van der Waals surface area contributed by atoms with E-state index in [0.29, 0.717) is 67.8 Å². The number of fused-ring (bicyclic) bond motifs is 4. The number of nitrogens with zero attached hydrogens (tertiary/aromatic N) is 2. The van der Waals surface area contributed by atoms with Gasteiger partial charge < -0.3 is 29.7 Å². The van der Waals surface area contributed by atoms with Crippen molar-refractivity contribution in [1.29, 1.82) is 0 Å². The third kappa shape index (κ3) is 7.65. The van der Waals surface area contributed by atoms with Crippen molar-refractivity contribution in [2.45, 2.75) is 69.5 Å². The van der Waals surface area contributed by atoms with Crippen LogP contribution in [0.2, 0.25) is 5.02 Å². The van der Waals surface area contributed by atoms with E-state index in [-0.39, 0.29) is 18.1 Å². The third-order valence-corrected chi connectivity index (χ3v) is 12.9. The van der Waals surface area contributed by atoms with Crippen LogP contribution in [-0.4, -0.2) is 67.1 Å². The van der Waals surface area contributed by atoms with Gasteiger partial charge in [0, 0.05) is 48.7 Å². The van der Waals surface area contributed by atoms with E-state index in [1.54, 1.807) is 13.2 Å². The lowest BCUT2D eigenvalue weighted by Gasteiger charge is -2.43. The SMILES string of the molecule is CO[C@H]1/C=C/C[C@H](C)C(NC(=O)N[C@H]2[C@@H]3COC[C@@H]32)/[SH](=O)=N\C(=O)c2ccc3c(c2)N(Cc2ccc(Cl)cc2CCCCO3)C[C@@H]2CC[C@H]21. The van der Waals surface area contributed by atoms with Crippen LogP contribution in [-0.2, 0) is 33.0 Å². The number of amides is 3. The number of rotatable bonds is 3. The number of nitrogens with one attached hydrogen (secondary N) is 2. The molecule has 2 unspecified atom stereocenters. The molecule has 3 fully saturated rings. The van der Waals surface area contributed by atoms with Crippen molar-refractivity contribution in [3.8, 4) is 5.75 Å². The number of carbonyl (C=O) groups is 2. The number of thiol groups is 1. The summed E-state index contributed by atoms with van der Waals surface area (Å²) >= 11 is 6.45. The van der Waals surface area contributed by atoms with Crippen LogP contribution in [0.4, 0.5) is 10.5 Å². The van der Waals surface area contributed by atoms with Gasteiger partial charge in [-0.25, -0.2) is 4.79 Å². The van der Waals surface area contributed by atoms with Gasteiger partial charge in [0.1, 0.15) is 11.1 Å². The molecule has 0 aromatic heterocycles. The van der Waals surface area contributed by atoms with Gasteiger partial charge in [0.25, 0.3) is 5.91 Å². The van der Waals surface area contributed by atoms with Crippen molar-refractivity contribution in [3.05, 3.63) is 70.3 Å². The molecular formula is C37H47ClN4O6S. The van der Waals surface area contributed by atoms with Gasteiger partial charge in [-0.3, -0.25) is 9.00 Å². The van der Waals surface area contributed by atoms with E-state index in [0.717, 1.165) is 49.4 Å². The molecule has 2 aromatic carbocycles. The summed E-state index contributed by atoms with van der Waals surface area (Å²) in [4.78, 5) is 29.2. The molecule has 3 heterocycles. The molecule has 0 radical (unpaired) electrons. The number of benzene rings is 2. The van der Waals surface area contributed by atoms with Crippen molar-refractivity contribution in [1.82, 2.24) is 10.6 Å². The molecule has 2 saturated carbocycles. The van der Waals surface area contributed by atoms with E-state index in [9.17, 15) is 13.8 Å². The predicted molar refractivity (Wildman–Crippen MR) is 191 cm³/mol. The minimum absolute atomic E-state index is 0.0557. The molecule has 3 amide bonds. The Morgan fingerprint density at radius 3 is 2.67 bits per heavy atom. The van der Waals surface area contributed by atoms with Crippen LogP contribution in [0.15, 0.2) is 52.9 Å². The van der Waals surface area contributed by atoms with Gasteiger partial charge in [-0.15, -0.1) is 0 Å². The maximum absolute atomic E-state index is 13.9. The Bertz CT molecular complexity index is 1670. The van der Waals surface area contributed by atoms with Crippen molar-refractivity contribution >= 4 is 39.8 Å². The Hall–Kier alpha value is -3.12. The summed E-state index contributed by atoms with van der Waals surface area (Å²) in [6.45, 7) is 5.14. The molecule has 49 heavy (non-hydrogen) atoms. The number of hydrogen-bond donors (Lipinski definition) is 3. The first-order valence-corrected chi connectivity index (χ1v) is 19.3. The van der Waals surface area contributed by atoms with Crippen molar-refractivity contribution in [2.75, 3.05) is 38.4 Å². The molecular weight excluding hydrogens is 664 g/mol. The third-order valence-electron chi connectivity index (χ3n) is 11.1. The lowest BCUT2D eigenvalue weighted by atomic mass is 9.70. The molecule has 2 aromatic rings. The van der Waals surface area contributed by atoms with Crippen molar-refractivity contribution < 1.29 is 28.0 Å². The number of methoxy groups -OCH3 is 1. The normalized spacial score (nSPS) is 33.9. The van der Waals surface area contributed by atoms with E-state index in [4.69, 9.17) is 25.8 Å². The molecule has 7 rings (SSSR count). The minimum atomic E-state index is -2.50. The monoisotopic (exact) mass is 710 g/mol. The fraction of sp³-hybridized carbons (Fsp3) is 0.568. The second kappa shape index (κ2) is 15.0. The molecule has 2 aliphatic carbocycles. The fourth-order valence-electron chi connectivity index (χ4n) is 7.95. The van der Waals surface area contributed by atoms with Crippen LogP contribution in [0.5, 0.6) is 5.75 Å². The van der Waals surface area contributed by atoms with Crippen molar-refractivity contribution in [2.24, 2.45) is 34.0 Å². The van der Waals surface area contributed by atoms with Gasteiger partial charge in [0.15, 0.2) is 0 Å². The zero-order valence-corrected chi connectivity index (χ0v) is 29.8. The number of aryl methyl sites for hydroxylation is 1. The summed E-state index contributed by atoms with van der Waals surface area (Å²) in [6.07, 6.45) is 9.50. The Morgan fingerprint density at radius 1 is 1.06 bits per heavy atom. The number of carbonyl (C=O) groups excluding carboxylic acids is 2. The van der Waals surface area contributed by atoms with Crippen molar-refractivity contribution in [3.63, 3.8) is 0 Å². The van der Waals surface area contributed by atoms with Crippen LogP contribution in [0.25, 0.3) is 0 Å². The molecule has 0 spiro atoms. The molecule has 10 nitrogen and oxygen atoms in total. The van der Waals surface area contributed by atoms with Gasteiger partial charge in [-0.1, -0.05) is 36.7 Å². The average molecular weight is 711 g/mol. The predicted octanol–water partition coefficient (Wildman–Crippen LogP) is 5.77. The molecule has 3 aliphatic heterocycles. The van der Waals surface area contributed by atoms with E-state index >= 15 is 0 Å². The van der Waals surface area contributed by atoms with Crippen LogP contribution >= 0.6 is 11.6 Å². The van der Waals surface area contributed by atoms with Gasteiger partial charge in [0.05, 0.1) is 42.2 Å². The lowest BCUT2D eigenvalue weighted by Crippen LogP contribution is -2.47. The Labute approximate surface area is 295 Å². The Balaban J connectivity index is 1.24. The fourth-order valence-corrected chi connectivity index (χ4v) is 9.35. The zero-order chi connectivity index (χ0) is 34.1. The smallest absolute Gasteiger partial charge is 0.316 e. The van der Waals surface area contributed by atoms with Gasteiger partial charge in [-0.2, -0.15) is 4.36 Å². The number of anilines is 1. The first-order chi connectivity index (χ1) is 23.8. The summed E-state index contributed by atoms with van der Waals surface area (Å²) in [7, 11) is -0.747. The number of urea groups is 1. The average Bonchev–Trinajstić information content (AvgIpc) is 3.46. The van der Waals surface area contributed by atoms with Gasteiger partial charge >= 0.3 is 6.03 Å². The van der Waals surface area contributed by atoms with Crippen LogP contribution in [0, 0.1) is 29.6 Å². The first kappa shape index (κ1) is 34.3. The molecule has 264 valence electrons. The molecule has 12 heteroatoms. The summed E-state index contributed by atoms with van der Waals surface area (Å²) in [6, 6.07) is 11.1. The van der Waals surface area contributed by atoms with E-state index in [1.807, 2.05) is 25.1 Å².